The van der Waals surface area contributed by atoms with Crippen LogP contribution >= 0.6 is 11.6 Å². The Morgan fingerprint density at radius 1 is 1.38 bits per heavy atom. The Morgan fingerprint density at radius 3 is 2.62 bits per heavy atom. The van der Waals surface area contributed by atoms with Crippen molar-refractivity contribution in [1.82, 2.24) is 4.72 Å². The van der Waals surface area contributed by atoms with E-state index in [0.29, 0.717) is 5.02 Å². The summed E-state index contributed by atoms with van der Waals surface area (Å²) < 4.78 is 32.5. The summed E-state index contributed by atoms with van der Waals surface area (Å²) in [7, 11) is -2.30. The largest absolute Gasteiger partial charge is 0.495 e. The molecule has 21 heavy (non-hydrogen) atoms. The summed E-state index contributed by atoms with van der Waals surface area (Å²) in [5.41, 5.74) is -0.341. The van der Waals surface area contributed by atoms with Crippen molar-refractivity contribution >= 4 is 21.6 Å². The minimum absolute atomic E-state index is 0.00667. The molecule has 1 aliphatic rings. The fourth-order valence-electron chi connectivity index (χ4n) is 2.71. The first-order valence-corrected chi connectivity index (χ1v) is 8.73. The number of sulfonamides is 1. The molecule has 1 saturated carbocycles. The van der Waals surface area contributed by atoms with Gasteiger partial charge in [-0.15, -0.1) is 0 Å². The van der Waals surface area contributed by atoms with Crippen LogP contribution in [0.3, 0.4) is 0 Å². The van der Waals surface area contributed by atoms with Crippen LogP contribution in [0.15, 0.2) is 23.1 Å². The lowest BCUT2D eigenvalue weighted by atomic mass is 9.88. The second-order valence-electron chi connectivity index (χ2n) is 5.48. The highest BCUT2D eigenvalue weighted by Gasteiger charge is 2.34. The Kier molecular flexibility index (Phi) is 5.14. The van der Waals surface area contributed by atoms with Gasteiger partial charge in [0.15, 0.2) is 0 Å². The summed E-state index contributed by atoms with van der Waals surface area (Å²) in [6, 6.07) is 4.40. The molecule has 118 valence electrons. The van der Waals surface area contributed by atoms with Crippen LogP contribution in [-0.4, -0.2) is 33.8 Å². The van der Waals surface area contributed by atoms with Crippen molar-refractivity contribution in [3.05, 3.63) is 23.2 Å². The second-order valence-corrected chi connectivity index (χ2v) is 7.66. The van der Waals surface area contributed by atoms with E-state index >= 15 is 0 Å². The van der Waals surface area contributed by atoms with Gasteiger partial charge in [0.2, 0.25) is 10.0 Å². The molecule has 0 aromatic heterocycles. The number of ether oxygens (including phenoxy) is 1. The second kappa shape index (κ2) is 6.52. The third-order valence-corrected chi connectivity index (χ3v) is 5.73. The van der Waals surface area contributed by atoms with E-state index in [0.717, 1.165) is 25.7 Å². The molecule has 2 rings (SSSR count). The molecular formula is C14H20ClNO4S. The van der Waals surface area contributed by atoms with E-state index in [2.05, 4.69) is 4.72 Å². The lowest BCUT2D eigenvalue weighted by Gasteiger charge is -2.26. The first-order chi connectivity index (χ1) is 9.92. The molecule has 2 N–H and O–H groups in total. The smallest absolute Gasteiger partial charge is 0.244 e. The molecule has 5 nitrogen and oxygen atoms in total. The van der Waals surface area contributed by atoms with Crippen molar-refractivity contribution in [3.63, 3.8) is 0 Å². The number of benzene rings is 1. The van der Waals surface area contributed by atoms with Gasteiger partial charge in [-0.25, -0.2) is 13.1 Å². The maximum atomic E-state index is 12.4. The molecule has 0 spiro atoms. The summed E-state index contributed by atoms with van der Waals surface area (Å²) in [4.78, 5) is 0.0560. The maximum Gasteiger partial charge on any atom is 0.244 e. The molecule has 0 radical (unpaired) electrons. The Labute approximate surface area is 130 Å². The highest BCUT2D eigenvalue weighted by molar-refractivity contribution is 7.89. The van der Waals surface area contributed by atoms with Crippen LogP contribution in [0.4, 0.5) is 0 Å². The average molecular weight is 334 g/mol. The summed E-state index contributed by atoms with van der Waals surface area (Å²) >= 11 is 5.84. The van der Waals surface area contributed by atoms with E-state index in [1.165, 1.54) is 25.3 Å². The van der Waals surface area contributed by atoms with Gasteiger partial charge in [0.1, 0.15) is 10.6 Å². The SMILES string of the molecule is COc1cc(Cl)ccc1S(=O)(=O)NCC1(CO)CCCC1. The van der Waals surface area contributed by atoms with E-state index in [9.17, 15) is 13.5 Å². The van der Waals surface area contributed by atoms with Crippen LogP contribution < -0.4 is 9.46 Å². The molecule has 0 unspecified atom stereocenters. The van der Waals surface area contributed by atoms with Crippen LogP contribution in [0.2, 0.25) is 5.02 Å². The van der Waals surface area contributed by atoms with Gasteiger partial charge in [0, 0.05) is 29.7 Å². The highest BCUT2D eigenvalue weighted by atomic mass is 35.5. The number of aliphatic hydroxyl groups excluding tert-OH is 1. The predicted octanol–water partition coefficient (Wildman–Crippen LogP) is 2.18. The predicted molar refractivity (Wildman–Crippen MR) is 81.2 cm³/mol. The zero-order valence-corrected chi connectivity index (χ0v) is 13.5. The third-order valence-electron chi connectivity index (χ3n) is 4.05. The molecule has 0 heterocycles. The van der Waals surface area contributed by atoms with E-state index in [1.54, 1.807) is 0 Å². The molecule has 1 aliphatic carbocycles. The van der Waals surface area contributed by atoms with Crippen molar-refractivity contribution in [2.75, 3.05) is 20.3 Å². The number of methoxy groups -OCH3 is 1. The fourth-order valence-corrected chi connectivity index (χ4v) is 4.17. The first-order valence-electron chi connectivity index (χ1n) is 6.86. The Morgan fingerprint density at radius 2 is 2.05 bits per heavy atom. The lowest BCUT2D eigenvalue weighted by Crippen LogP contribution is -2.38. The topological polar surface area (TPSA) is 75.6 Å². The Balaban J connectivity index is 2.19. The first kappa shape index (κ1) is 16.5. The van der Waals surface area contributed by atoms with Crippen molar-refractivity contribution in [1.29, 1.82) is 0 Å². The molecule has 1 aromatic carbocycles. The molecule has 0 aliphatic heterocycles. The van der Waals surface area contributed by atoms with Crippen LogP contribution in [0.25, 0.3) is 0 Å². The van der Waals surface area contributed by atoms with Gasteiger partial charge in [0.25, 0.3) is 0 Å². The number of aliphatic hydroxyl groups is 1. The van der Waals surface area contributed by atoms with Gasteiger partial charge >= 0.3 is 0 Å². The summed E-state index contributed by atoms with van der Waals surface area (Å²) in [5.74, 6) is 0.208. The van der Waals surface area contributed by atoms with Crippen LogP contribution in [0.5, 0.6) is 5.75 Å². The fraction of sp³-hybridized carbons (Fsp3) is 0.571. The van der Waals surface area contributed by atoms with Gasteiger partial charge in [-0.1, -0.05) is 24.4 Å². The zero-order chi connectivity index (χ0) is 15.5. The van der Waals surface area contributed by atoms with E-state index < -0.39 is 10.0 Å². The van der Waals surface area contributed by atoms with Crippen molar-refractivity contribution in [2.45, 2.75) is 30.6 Å². The van der Waals surface area contributed by atoms with Crippen molar-refractivity contribution in [3.8, 4) is 5.75 Å². The monoisotopic (exact) mass is 333 g/mol. The van der Waals surface area contributed by atoms with Crippen LogP contribution in [0.1, 0.15) is 25.7 Å². The summed E-state index contributed by atoms with van der Waals surface area (Å²) in [6.07, 6.45) is 3.71. The summed E-state index contributed by atoms with van der Waals surface area (Å²) in [5, 5.41) is 9.95. The zero-order valence-electron chi connectivity index (χ0n) is 11.9. The number of rotatable bonds is 6. The van der Waals surface area contributed by atoms with E-state index in [-0.39, 0.29) is 29.2 Å². The Hall–Kier alpha value is -0.820. The highest BCUT2D eigenvalue weighted by Crippen LogP contribution is 2.37. The molecule has 7 heteroatoms. The molecule has 0 saturated heterocycles. The molecule has 1 aromatic rings. The number of hydrogen-bond acceptors (Lipinski definition) is 4. The number of nitrogens with one attached hydrogen (secondary N) is 1. The van der Waals surface area contributed by atoms with Crippen molar-refractivity contribution < 1.29 is 18.3 Å². The number of hydrogen-bond donors (Lipinski definition) is 2. The Bertz CT molecular complexity index is 597. The van der Waals surface area contributed by atoms with Gasteiger partial charge in [-0.3, -0.25) is 0 Å². The van der Waals surface area contributed by atoms with Gasteiger partial charge in [0.05, 0.1) is 7.11 Å². The number of halogens is 1. The quantitative estimate of drug-likeness (QED) is 0.836. The molecule has 0 amide bonds. The van der Waals surface area contributed by atoms with Gasteiger partial charge in [-0.2, -0.15) is 0 Å². The molecule has 0 bridgehead atoms. The molecule has 1 fully saturated rings. The van der Waals surface area contributed by atoms with Crippen molar-refractivity contribution in [2.24, 2.45) is 5.41 Å². The lowest BCUT2D eigenvalue weighted by molar-refractivity contribution is 0.134. The van der Waals surface area contributed by atoms with Gasteiger partial charge < -0.3 is 9.84 Å². The molecule has 0 atom stereocenters. The van der Waals surface area contributed by atoms with E-state index in [1.807, 2.05) is 0 Å². The standard InChI is InChI=1S/C14H20ClNO4S/c1-20-12-8-11(15)4-5-13(12)21(18,19)16-9-14(10-17)6-2-3-7-14/h4-5,8,16-17H,2-3,6-7,9-10H2,1H3. The minimum atomic E-state index is -3.70. The minimum Gasteiger partial charge on any atom is -0.495 e. The van der Waals surface area contributed by atoms with Crippen LogP contribution in [-0.2, 0) is 10.0 Å². The average Bonchev–Trinajstić information content (AvgIpc) is 2.94. The molecular weight excluding hydrogens is 314 g/mol. The summed E-state index contributed by atoms with van der Waals surface area (Å²) in [6.45, 7) is 0.227. The van der Waals surface area contributed by atoms with Gasteiger partial charge in [-0.05, 0) is 25.0 Å². The maximum absolute atomic E-state index is 12.4. The third kappa shape index (κ3) is 3.69. The van der Waals surface area contributed by atoms with Crippen LogP contribution in [0, 0.1) is 5.41 Å². The van der Waals surface area contributed by atoms with E-state index in [4.69, 9.17) is 16.3 Å². The normalized spacial score (nSPS) is 17.9.